The number of hydrogen-bond acceptors (Lipinski definition) is 2. The Morgan fingerprint density at radius 1 is 1.36 bits per heavy atom. The van der Waals surface area contributed by atoms with Gasteiger partial charge >= 0.3 is 0 Å². The molecule has 0 aliphatic heterocycles. The fourth-order valence-corrected chi connectivity index (χ4v) is 3.39. The summed E-state index contributed by atoms with van der Waals surface area (Å²) in [6.07, 6.45) is 0. The molecule has 0 aliphatic rings. The minimum atomic E-state index is 0.0391. The number of carbonyl (C=O) groups is 1. The van der Waals surface area contributed by atoms with E-state index in [1.54, 1.807) is 0 Å². The Morgan fingerprint density at radius 3 is 2.29 bits per heavy atom. The molecule has 1 aromatic carbocycles. The Hall–Kier alpha value is 0.150. The monoisotopic (exact) mass is 416 g/mol. The van der Waals surface area contributed by atoms with Crippen molar-refractivity contribution in [1.82, 2.24) is 0 Å². The van der Waals surface area contributed by atoms with Crippen molar-refractivity contribution in [2.24, 2.45) is 0 Å². The number of carbonyl (C=O) groups excluding carboxylic acids is 1. The average Bonchev–Trinajstić information content (AvgIpc) is 2.01. The van der Waals surface area contributed by atoms with E-state index in [0.29, 0.717) is 0 Å². The number of hydrogen-bond donors (Lipinski definition) is 0. The second-order valence-electron chi connectivity index (χ2n) is 3.05. The quantitative estimate of drug-likeness (QED) is 0.709. The molecule has 0 spiro atoms. The third-order valence-corrected chi connectivity index (χ3v) is 3.16. The highest BCUT2D eigenvalue weighted by atomic mass is 127. The van der Waals surface area contributed by atoms with Crippen molar-refractivity contribution < 1.29 is 9.53 Å². The Morgan fingerprint density at radius 2 is 1.86 bits per heavy atom. The van der Waals surface area contributed by atoms with Gasteiger partial charge in [-0.3, -0.25) is 4.79 Å². The molecule has 14 heavy (non-hydrogen) atoms. The Labute approximate surface area is 111 Å². The van der Waals surface area contributed by atoms with Gasteiger partial charge in [-0.25, -0.2) is 0 Å². The number of Topliss-reactive ketones (excluding diaryl/α,β-unsaturated/α-hetero) is 1. The van der Waals surface area contributed by atoms with Crippen molar-refractivity contribution in [2.45, 2.75) is 13.8 Å². The van der Waals surface area contributed by atoms with Crippen molar-refractivity contribution in [1.29, 1.82) is 0 Å². The predicted molar refractivity (Wildman–Crippen MR) is 72.8 cm³/mol. The highest BCUT2D eigenvalue weighted by molar-refractivity contribution is 14.1. The number of aryl methyl sites for hydroxylation is 1. The van der Waals surface area contributed by atoms with Crippen LogP contribution >= 0.6 is 45.2 Å². The Kier molecular flexibility index (Phi) is 4.62. The molecule has 0 amide bonds. The molecule has 0 atom stereocenters. The Bertz CT molecular complexity index is 338. The third kappa shape index (κ3) is 3.38. The average molecular weight is 416 g/mol. The summed E-state index contributed by atoms with van der Waals surface area (Å²) in [6, 6.07) is 4.08. The van der Waals surface area contributed by atoms with E-state index in [-0.39, 0.29) is 12.4 Å². The number of ether oxygens (including phenoxy) is 1. The third-order valence-electron chi connectivity index (χ3n) is 1.56. The molecule has 0 bridgehead atoms. The fourth-order valence-electron chi connectivity index (χ4n) is 0.998. The molecule has 4 heteroatoms. The van der Waals surface area contributed by atoms with E-state index < -0.39 is 0 Å². The molecule has 0 heterocycles. The molecule has 0 unspecified atom stereocenters. The molecule has 1 aromatic rings. The molecule has 0 fully saturated rings. The van der Waals surface area contributed by atoms with Gasteiger partial charge in [0.1, 0.15) is 12.4 Å². The normalized spacial score (nSPS) is 10.0. The van der Waals surface area contributed by atoms with Gasteiger partial charge in [-0.1, -0.05) is 0 Å². The molecular weight excluding hydrogens is 406 g/mol. The van der Waals surface area contributed by atoms with Crippen molar-refractivity contribution in [3.63, 3.8) is 0 Å². The van der Waals surface area contributed by atoms with Crippen molar-refractivity contribution in [3.05, 3.63) is 24.8 Å². The zero-order chi connectivity index (χ0) is 10.7. The zero-order valence-electron chi connectivity index (χ0n) is 7.93. The van der Waals surface area contributed by atoms with Crippen LogP contribution in [-0.4, -0.2) is 12.4 Å². The highest BCUT2D eigenvalue weighted by Gasteiger charge is 2.07. The number of benzene rings is 1. The molecular formula is C10H10I2O2. The molecule has 0 aromatic heterocycles. The lowest BCUT2D eigenvalue weighted by atomic mass is 10.2. The van der Waals surface area contributed by atoms with Crippen molar-refractivity contribution >= 4 is 51.0 Å². The lowest BCUT2D eigenvalue weighted by molar-refractivity contribution is -0.118. The minimum Gasteiger partial charge on any atom is -0.484 e. The van der Waals surface area contributed by atoms with Crippen LogP contribution < -0.4 is 4.74 Å². The second-order valence-corrected chi connectivity index (χ2v) is 5.37. The van der Waals surface area contributed by atoms with Crippen LogP contribution in [0.15, 0.2) is 12.1 Å². The van der Waals surface area contributed by atoms with Gasteiger partial charge in [-0.15, -0.1) is 0 Å². The van der Waals surface area contributed by atoms with Crippen molar-refractivity contribution in [3.8, 4) is 5.75 Å². The van der Waals surface area contributed by atoms with E-state index in [9.17, 15) is 4.79 Å². The maximum absolute atomic E-state index is 10.8. The predicted octanol–water partition coefficient (Wildman–Crippen LogP) is 3.17. The van der Waals surface area contributed by atoms with Crippen LogP contribution in [0.1, 0.15) is 12.5 Å². The van der Waals surface area contributed by atoms with Gasteiger partial charge in [0, 0.05) is 0 Å². The van der Waals surface area contributed by atoms with Crippen LogP contribution in [0.4, 0.5) is 0 Å². The largest absolute Gasteiger partial charge is 0.484 e. The first-order valence-corrected chi connectivity index (χ1v) is 6.24. The van der Waals surface area contributed by atoms with Gasteiger partial charge in [0.15, 0.2) is 5.78 Å². The number of ketones is 1. The fraction of sp³-hybridized carbons (Fsp3) is 0.300. The van der Waals surface area contributed by atoms with Gasteiger partial charge in [0.25, 0.3) is 0 Å². The van der Waals surface area contributed by atoms with Crippen LogP contribution in [0.25, 0.3) is 0 Å². The van der Waals surface area contributed by atoms with Gasteiger partial charge in [0.2, 0.25) is 0 Å². The number of rotatable bonds is 3. The molecule has 0 saturated heterocycles. The van der Waals surface area contributed by atoms with Crippen LogP contribution in [0.3, 0.4) is 0 Å². The summed E-state index contributed by atoms with van der Waals surface area (Å²) in [5, 5.41) is 0. The van der Waals surface area contributed by atoms with Gasteiger partial charge < -0.3 is 4.74 Å². The van der Waals surface area contributed by atoms with Crippen molar-refractivity contribution in [2.75, 3.05) is 6.61 Å². The van der Waals surface area contributed by atoms with Crippen LogP contribution in [0.2, 0.25) is 0 Å². The summed E-state index contributed by atoms with van der Waals surface area (Å²) < 4.78 is 7.52. The van der Waals surface area contributed by atoms with E-state index >= 15 is 0 Å². The van der Waals surface area contributed by atoms with E-state index in [1.165, 1.54) is 12.5 Å². The van der Waals surface area contributed by atoms with E-state index in [0.717, 1.165) is 12.9 Å². The smallest absolute Gasteiger partial charge is 0.167 e. The molecule has 0 aliphatic carbocycles. The molecule has 1 rings (SSSR count). The van der Waals surface area contributed by atoms with Gasteiger partial charge in [-0.05, 0) is 76.7 Å². The first-order chi connectivity index (χ1) is 6.50. The summed E-state index contributed by atoms with van der Waals surface area (Å²) in [7, 11) is 0. The maximum atomic E-state index is 10.8. The highest BCUT2D eigenvalue weighted by Crippen LogP contribution is 2.28. The maximum Gasteiger partial charge on any atom is 0.167 e. The number of halogens is 2. The zero-order valence-corrected chi connectivity index (χ0v) is 12.2. The second kappa shape index (κ2) is 5.29. The summed E-state index contributed by atoms with van der Waals surface area (Å²) in [5.41, 5.74) is 1.20. The lowest BCUT2D eigenvalue weighted by Gasteiger charge is -2.09. The minimum absolute atomic E-state index is 0.0391. The first kappa shape index (κ1) is 12.2. The summed E-state index contributed by atoms with van der Waals surface area (Å²) >= 11 is 4.43. The molecule has 0 N–H and O–H groups in total. The van der Waals surface area contributed by atoms with Crippen LogP contribution in [0, 0.1) is 14.1 Å². The van der Waals surface area contributed by atoms with E-state index in [1.807, 2.05) is 19.1 Å². The summed E-state index contributed by atoms with van der Waals surface area (Å²) in [6.45, 7) is 3.71. The SMILES string of the molecule is CC(=O)COc1c(I)cc(C)cc1I. The van der Waals surface area contributed by atoms with Gasteiger partial charge in [0.05, 0.1) is 7.14 Å². The van der Waals surface area contributed by atoms with Crippen LogP contribution in [0.5, 0.6) is 5.75 Å². The molecule has 2 nitrogen and oxygen atoms in total. The standard InChI is InChI=1S/C10H10I2O2/c1-6-3-8(11)10(9(12)4-6)14-5-7(2)13/h3-4H,5H2,1-2H3. The molecule has 0 radical (unpaired) electrons. The van der Waals surface area contributed by atoms with Crippen LogP contribution in [-0.2, 0) is 4.79 Å². The molecule has 0 saturated carbocycles. The topological polar surface area (TPSA) is 26.3 Å². The summed E-state index contributed by atoms with van der Waals surface area (Å²) in [5.74, 6) is 0.851. The van der Waals surface area contributed by atoms with Gasteiger partial charge in [-0.2, -0.15) is 0 Å². The first-order valence-electron chi connectivity index (χ1n) is 4.08. The Balaban J connectivity index is 2.91. The lowest BCUT2D eigenvalue weighted by Crippen LogP contribution is -2.08. The van der Waals surface area contributed by atoms with E-state index in [4.69, 9.17) is 4.74 Å². The summed E-state index contributed by atoms with van der Waals surface area (Å²) in [4.78, 5) is 10.8. The molecule has 76 valence electrons. The van der Waals surface area contributed by atoms with E-state index in [2.05, 4.69) is 45.2 Å².